The Hall–Kier alpha value is -0.610. The van der Waals surface area contributed by atoms with Crippen LogP contribution in [0.3, 0.4) is 0 Å². The molecule has 5 atom stereocenters. The maximum absolute atomic E-state index is 11.5. The molecule has 31 heavy (non-hydrogen) atoms. The Morgan fingerprint density at radius 2 is 1.71 bits per heavy atom. The van der Waals surface area contributed by atoms with Gasteiger partial charge in [-0.2, -0.15) is 0 Å². The molecule has 1 heterocycles. The van der Waals surface area contributed by atoms with Crippen LogP contribution in [0.2, 0.25) is 0 Å². The molecule has 0 amide bonds. The second kappa shape index (κ2) is 12.6. The first kappa shape index (κ1) is 25.0. The number of carboxylic acids is 1. The van der Waals surface area contributed by atoms with Gasteiger partial charge in [0.15, 0.2) is 0 Å². The van der Waals surface area contributed by atoms with Gasteiger partial charge in [0.2, 0.25) is 0 Å². The summed E-state index contributed by atoms with van der Waals surface area (Å²) in [5, 5.41) is 13.5. The van der Waals surface area contributed by atoms with Crippen LogP contribution in [-0.2, 0) is 4.79 Å². The second-order valence-corrected chi connectivity index (χ2v) is 11.3. The van der Waals surface area contributed by atoms with Gasteiger partial charge in [-0.15, -0.1) is 0 Å². The summed E-state index contributed by atoms with van der Waals surface area (Å²) in [6.45, 7) is 7.96. The lowest BCUT2D eigenvalue weighted by Gasteiger charge is -2.52. The van der Waals surface area contributed by atoms with Crippen molar-refractivity contribution in [2.24, 2.45) is 29.6 Å². The minimum absolute atomic E-state index is 0.178. The van der Waals surface area contributed by atoms with Crippen LogP contribution in [0.25, 0.3) is 0 Å². The molecule has 1 saturated heterocycles. The molecule has 3 rings (SSSR count). The zero-order valence-electron chi connectivity index (χ0n) is 20.7. The van der Waals surface area contributed by atoms with E-state index in [0.717, 1.165) is 49.0 Å². The van der Waals surface area contributed by atoms with Crippen molar-refractivity contribution < 1.29 is 9.90 Å². The van der Waals surface area contributed by atoms with E-state index in [9.17, 15) is 9.90 Å². The second-order valence-electron chi connectivity index (χ2n) is 11.3. The summed E-state index contributed by atoms with van der Waals surface area (Å²) in [4.78, 5) is 13.8. The van der Waals surface area contributed by atoms with Crippen molar-refractivity contribution in [1.29, 1.82) is 0 Å². The van der Waals surface area contributed by atoms with Gasteiger partial charge in [0.25, 0.3) is 0 Å². The number of piperidine rings is 1. The third-order valence-electron chi connectivity index (χ3n) is 8.88. The molecule has 4 heteroatoms. The number of nitrogens with zero attached hydrogens (tertiary/aromatic N) is 1. The summed E-state index contributed by atoms with van der Waals surface area (Å²) in [6.07, 6.45) is 19.1. The zero-order valence-corrected chi connectivity index (χ0v) is 20.7. The molecule has 2 N–H and O–H groups in total. The third kappa shape index (κ3) is 7.19. The quantitative estimate of drug-likeness (QED) is 0.375. The Morgan fingerprint density at radius 1 is 0.935 bits per heavy atom. The van der Waals surface area contributed by atoms with Crippen molar-refractivity contribution in [1.82, 2.24) is 10.2 Å². The van der Waals surface area contributed by atoms with E-state index in [0.29, 0.717) is 6.04 Å². The molecule has 3 fully saturated rings. The monoisotopic (exact) mass is 434 g/mol. The van der Waals surface area contributed by atoms with E-state index < -0.39 is 5.97 Å². The lowest BCUT2D eigenvalue weighted by Crippen LogP contribution is -2.61. The van der Waals surface area contributed by atoms with Crippen molar-refractivity contribution in [2.75, 3.05) is 13.1 Å². The number of hydrogen-bond acceptors (Lipinski definition) is 3. The maximum Gasteiger partial charge on any atom is 0.317 e. The zero-order chi connectivity index (χ0) is 22.2. The summed E-state index contributed by atoms with van der Waals surface area (Å²) >= 11 is 0. The molecule has 0 bridgehead atoms. The van der Waals surface area contributed by atoms with Crippen LogP contribution in [0.1, 0.15) is 111 Å². The Bertz CT molecular complexity index is 531. The highest BCUT2D eigenvalue weighted by Crippen LogP contribution is 2.47. The number of carboxylic acid groups (broad SMARTS) is 1. The van der Waals surface area contributed by atoms with E-state index in [1.807, 2.05) is 0 Å². The van der Waals surface area contributed by atoms with Crippen LogP contribution in [0.15, 0.2) is 0 Å². The molecule has 1 aliphatic heterocycles. The Balaban J connectivity index is 1.69. The molecule has 4 nitrogen and oxygen atoms in total. The van der Waals surface area contributed by atoms with Crippen LogP contribution < -0.4 is 5.32 Å². The first-order valence-electron chi connectivity index (χ1n) is 13.7. The van der Waals surface area contributed by atoms with Crippen LogP contribution >= 0.6 is 0 Å². The minimum atomic E-state index is -0.684. The highest BCUT2D eigenvalue weighted by atomic mass is 16.4. The van der Waals surface area contributed by atoms with Crippen LogP contribution in [0.4, 0.5) is 0 Å². The molecule has 0 spiro atoms. The fraction of sp³-hybridized carbons (Fsp3) is 0.963. The van der Waals surface area contributed by atoms with Gasteiger partial charge in [0.1, 0.15) is 0 Å². The average Bonchev–Trinajstić information content (AvgIpc) is 2.76. The summed E-state index contributed by atoms with van der Waals surface area (Å²) < 4.78 is 0. The molecule has 180 valence electrons. The van der Waals surface area contributed by atoms with Gasteiger partial charge in [-0.05, 0) is 81.1 Å². The molecular weight excluding hydrogens is 384 g/mol. The van der Waals surface area contributed by atoms with Gasteiger partial charge >= 0.3 is 5.97 Å². The summed E-state index contributed by atoms with van der Waals surface area (Å²) in [6, 6.07) is 0.600. The average molecular weight is 435 g/mol. The third-order valence-corrected chi connectivity index (χ3v) is 8.88. The molecule has 0 aromatic carbocycles. The van der Waals surface area contributed by atoms with E-state index in [1.54, 1.807) is 0 Å². The van der Waals surface area contributed by atoms with Crippen LogP contribution in [-0.4, -0.2) is 41.3 Å². The van der Waals surface area contributed by atoms with E-state index in [1.165, 1.54) is 77.0 Å². The smallest absolute Gasteiger partial charge is 0.317 e. The summed E-state index contributed by atoms with van der Waals surface area (Å²) in [7, 11) is 0. The summed E-state index contributed by atoms with van der Waals surface area (Å²) in [5.41, 5.74) is 0. The standard InChI is InChI=1S/C27H50N2O2/c1-4-6-7-8-9-21-12-15-25-24(17-21)23(22-13-10-20(3)11-14-22)18-26(28-25)29(16-5-2)19-27(30)31/h20-26,28H,4-19H2,1-3H3,(H,30,31). The molecule has 0 aromatic rings. The van der Waals surface area contributed by atoms with E-state index in [2.05, 4.69) is 31.0 Å². The number of aliphatic carboxylic acids is 1. The predicted octanol–water partition coefficient (Wildman–Crippen LogP) is 6.30. The topological polar surface area (TPSA) is 52.6 Å². The van der Waals surface area contributed by atoms with Crippen molar-refractivity contribution in [3.63, 3.8) is 0 Å². The van der Waals surface area contributed by atoms with Crippen molar-refractivity contribution in [2.45, 2.75) is 123 Å². The Labute approximate surface area is 191 Å². The molecule has 0 radical (unpaired) electrons. The van der Waals surface area contributed by atoms with Gasteiger partial charge in [-0.3, -0.25) is 15.0 Å². The fourth-order valence-corrected chi connectivity index (χ4v) is 7.16. The van der Waals surface area contributed by atoms with E-state index >= 15 is 0 Å². The fourth-order valence-electron chi connectivity index (χ4n) is 7.16. The number of rotatable bonds is 11. The molecular formula is C27H50N2O2. The molecule has 2 saturated carbocycles. The largest absolute Gasteiger partial charge is 0.480 e. The number of nitrogens with one attached hydrogen (secondary N) is 1. The first-order chi connectivity index (χ1) is 15.0. The predicted molar refractivity (Wildman–Crippen MR) is 129 cm³/mol. The van der Waals surface area contributed by atoms with Gasteiger partial charge in [0, 0.05) is 6.04 Å². The Kier molecular flexibility index (Phi) is 10.2. The van der Waals surface area contributed by atoms with Crippen LogP contribution in [0, 0.1) is 29.6 Å². The molecule has 5 unspecified atom stereocenters. The highest BCUT2D eigenvalue weighted by molar-refractivity contribution is 5.69. The van der Waals surface area contributed by atoms with Crippen LogP contribution in [0.5, 0.6) is 0 Å². The maximum atomic E-state index is 11.5. The Morgan fingerprint density at radius 3 is 2.39 bits per heavy atom. The SMILES string of the molecule is CCCCCCC1CCC2NC(N(CCC)CC(=O)O)CC(C3CCC(C)CC3)C2C1. The van der Waals surface area contributed by atoms with Gasteiger partial charge in [-0.25, -0.2) is 0 Å². The number of fused-ring (bicyclic) bond motifs is 1. The summed E-state index contributed by atoms with van der Waals surface area (Å²) in [5.74, 6) is 3.60. The van der Waals surface area contributed by atoms with Gasteiger partial charge < -0.3 is 5.11 Å². The molecule has 3 aliphatic rings. The number of hydrogen-bond donors (Lipinski definition) is 2. The van der Waals surface area contributed by atoms with Crippen molar-refractivity contribution >= 4 is 5.97 Å². The first-order valence-corrected chi connectivity index (χ1v) is 13.7. The van der Waals surface area contributed by atoms with Crippen molar-refractivity contribution in [3.8, 4) is 0 Å². The number of unbranched alkanes of at least 4 members (excludes halogenated alkanes) is 3. The molecule has 0 aromatic heterocycles. The van der Waals surface area contributed by atoms with E-state index in [4.69, 9.17) is 0 Å². The van der Waals surface area contributed by atoms with Gasteiger partial charge in [-0.1, -0.05) is 65.7 Å². The lowest BCUT2D eigenvalue weighted by atomic mass is 9.61. The lowest BCUT2D eigenvalue weighted by molar-refractivity contribution is -0.140. The number of carbonyl (C=O) groups is 1. The normalized spacial score (nSPS) is 36.3. The van der Waals surface area contributed by atoms with Gasteiger partial charge in [0.05, 0.1) is 12.7 Å². The molecule has 2 aliphatic carbocycles. The minimum Gasteiger partial charge on any atom is -0.480 e. The van der Waals surface area contributed by atoms with Crippen molar-refractivity contribution in [3.05, 3.63) is 0 Å². The van der Waals surface area contributed by atoms with E-state index in [-0.39, 0.29) is 12.7 Å². The highest BCUT2D eigenvalue weighted by Gasteiger charge is 2.45.